The minimum Gasteiger partial charge on any atom is -0.338 e. The fourth-order valence-electron chi connectivity index (χ4n) is 0.799. The summed E-state index contributed by atoms with van der Waals surface area (Å²) in [4.78, 5) is 6.14. The summed E-state index contributed by atoms with van der Waals surface area (Å²) in [6.45, 7) is 5.57. The Hall–Kier alpha value is -1.05. The molecule has 1 aliphatic heterocycles. The quantitative estimate of drug-likeness (QED) is 0.536. The third kappa shape index (κ3) is 2.05. The third-order valence-electron chi connectivity index (χ3n) is 1.32. The summed E-state index contributed by atoms with van der Waals surface area (Å²) in [5, 5.41) is 0. The topological polar surface area (TPSA) is 15.6 Å². The minimum atomic E-state index is 0.929. The van der Waals surface area contributed by atoms with Crippen molar-refractivity contribution < 1.29 is 0 Å². The van der Waals surface area contributed by atoms with Gasteiger partial charge in [-0.2, -0.15) is 0 Å². The molecule has 0 saturated carbocycles. The highest BCUT2D eigenvalue weighted by Gasteiger charge is 1.98. The number of rotatable bonds is 3. The van der Waals surface area contributed by atoms with E-state index in [1.165, 1.54) is 0 Å². The second-order valence-electron chi connectivity index (χ2n) is 2.17. The molecule has 0 aromatic rings. The fraction of sp³-hybridized carbons (Fsp3) is 0.375. The molecule has 0 spiro atoms. The number of aliphatic imine (C=N–C) groups is 1. The van der Waals surface area contributed by atoms with Gasteiger partial charge in [0.25, 0.3) is 0 Å². The van der Waals surface area contributed by atoms with Crippen LogP contribution in [0.3, 0.4) is 0 Å². The second kappa shape index (κ2) is 3.88. The molecule has 0 saturated heterocycles. The van der Waals surface area contributed by atoms with E-state index in [0.717, 1.165) is 19.5 Å². The Morgan fingerprint density at radius 1 is 1.70 bits per heavy atom. The zero-order valence-corrected chi connectivity index (χ0v) is 6.03. The lowest BCUT2D eigenvalue weighted by molar-refractivity contribution is 0.622. The monoisotopic (exact) mass is 136 g/mol. The summed E-state index contributed by atoms with van der Waals surface area (Å²) in [5.41, 5.74) is 0. The smallest absolute Gasteiger partial charge is 0.0890 e. The first-order valence-corrected chi connectivity index (χ1v) is 3.47. The maximum Gasteiger partial charge on any atom is 0.0890 e. The van der Waals surface area contributed by atoms with Gasteiger partial charge in [-0.25, -0.2) is 0 Å². The summed E-state index contributed by atoms with van der Waals surface area (Å²) in [7, 11) is 0. The number of nitrogens with zero attached hydrogens (tertiary/aromatic N) is 2. The SMILES string of the molecule is C=CCC=CN1C=NCC1. The van der Waals surface area contributed by atoms with Crippen LogP contribution in [-0.2, 0) is 0 Å². The fourth-order valence-corrected chi connectivity index (χ4v) is 0.799. The first-order valence-electron chi connectivity index (χ1n) is 3.47. The lowest BCUT2D eigenvalue weighted by Gasteiger charge is -2.04. The molecule has 1 aliphatic rings. The molecule has 10 heavy (non-hydrogen) atoms. The minimum absolute atomic E-state index is 0.929. The molecule has 0 N–H and O–H groups in total. The normalized spacial score (nSPS) is 17.0. The van der Waals surface area contributed by atoms with Gasteiger partial charge in [0.15, 0.2) is 0 Å². The van der Waals surface area contributed by atoms with Crippen LogP contribution in [0.4, 0.5) is 0 Å². The van der Waals surface area contributed by atoms with Gasteiger partial charge in [-0.05, 0) is 6.42 Å². The molecule has 0 aliphatic carbocycles. The molecule has 0 atom stereocenters. The maximum absolute atomic E-state index is 4.07. The van der Waals surface area contributed by atoms with Gasteiger partial charge in [0.05, 0.1) is 12.9 Å². The van der Waals surface area contributed by atoms with E-state index in [1.54, 1.807) is 0 Å². The third-order valence-corrected chi connectivity index (χ3v) is 1.32. The Labute approximate surface area is 61.6 Å². The summed E-state index contributed by atoms with van der Waals surface area (Å²) in [5.74, 6) is 0. The van der Waals surface area contributed by atoms with Crippen LogP contribution in [0.5, 0.6) is 0 Å². The highest BCUT2D eigenvalue weighted by molar-refractivity contribution is 5.58. The van der Waals surface area contributed by atoms with Crippen molar-refractivity contribution in [3.8, 4) is 0 Å². The molecule has 1 rings (SSSR count). The molecule has 0 bridgehead atoms. The van der Waals surface area contributed by atoms with Crippen molar-refractivity contribution in [2.75, 3.05) is 13.1 Å². The lowest BCUT2D eigenvalue weighted by atomic mass is 10.4. The number of allylic oxidation sites excluding steroid dienone is 2. The predicted molar refractivity (Wildman–Crippen MR) is 44.0 cm³/mol. The largest absolute Gasteiger partial charge is 0.338 e. The maximum atomic E-state index is 4.07. The van der Waals surface area contributed by atoms with E-state index in [1.807, 2.05) is 18.6 Å². The first-order chi connectivity index (χ1) is 4.93. The molecule has 0 fully saturated rings. The number of hydrogen-bond acceptors (Lipinski definition) is 2. The molecular formula is C8H12N2. The van der Waals surface area contributed by atoms with Crippen LogP contribution in [0.1, 0.15) is 6.42 Å². The van der Waals surface area contributed by atoms with E-state index < -0.39 is 0 Å². The Bertz CT molecular complexity index is 159. The highest BCUT2D eigenvalue weighted by atomic mass is 15.2. The molecular weight excluding hydrogens is 124 g/mol. The average Bonchev–Trinajstić information content (AvgIpc) is 2.41. The van der Waals surface area contributed by atoms with Crippen LogP contribution in [0.2, 0.25) is 0 Å². The van der Waals surface area contributed by atoms with E-state index >= 15 is 0 Å². The Balaban J connectivity index is 2.23. The average molecular weight is 136 g/mol. The van der Waals surface area contributed by atoms with E-state index in [4.69, 9.17) is 0 Å². The van der Waals surface area contributed by atoms with Crippen molar-refractivity contribution >= 4 is 6.34 Å². The van der Waals surface area contributed by atoms with Crippen LogP contribution in [0.25, 0.3) is 0 Å². The van der Waals surface area contributed by atoms with Gasteiger partial charge in [0, 0.05) is 12.7 Å². The van der Waals surface area contributed by atoms with Crippen LogP contribution >= 0.6 is 0 Å². The van der Waals surface area contributed by atoms with Gasteiger partial charge >= 0.3 is 0 Å². The van der Waals surface area contributed by atoms with Crippen molar-refractivity contribution in [3.05, 3.63) is 24.9 Å². The zero-order valence-electron chi connectivity index (χ0n) is 6.03. The van der Waals surface area contributed by atoms with Crippen molar-refractivity contribution in [1.29, 1.82) is 0 Å². The van der Waals surface area contributed by atoms with Crippen molar-refractivity contribution in [3.63, 3.8) is 0 Å². The molecule has 0 amide bonds. The van der Waals surface area contributed by atoms with Gasteiger partial charge in [-0.1, -0.05) is 12.2 Å². The van der Waals surface area contributed by atoms with E-state index in [-0.39, 0.29) is 0 Å². The van der Waals surface area contributed by atoms with Crippen LogP contribution in [0.15, 0.2) is 29.9 Å². The first kappa shape index (κ1) is 7.06. The molecule has 0 aromatic heterocycles. The second-order valence-corrected chi connectivity index (χ2v) is 2.17. The number of hydrogen-bond donors (Lipinski definition) is 0. The summed E-state index contributed by atoms with van der Waals surface area (Å²) >= 11 is 0. The standard InChI is InChI=1S/C8H12N2/c1-2-3-4-6-10-7-5-9-8-10/h2,4,6,8H,1,3,5,7H2. The molecule has 1 heterocycles. The predicted octanol–water partition coefficient (Wildman–Crippen LogP) is 1.42. The Kier molecular flexibility index (Phi) is 2.74. The van der Waals surface area contributed by atoms with Gasteiger partial charge in [-0.3, -0.25) is 4.99 Å². The molecule has 2 heteroatoms. The van der Waals surface area contributed by atoms with E-state index in [2.05, 4.69) is 22.5 Å². The Morgan fingerprint density at radius 3 is 3.20 bits per heavy atom. The Morgan fingerprint density at radius 2 is 2.60 bits per heavy atom. The van der Waals surface area contributed by atoms with Crippen molar-refractivity contribution in [2.24, 2.45) is 4.99 Å². The van der Waals surface area contributed by atoms with Crippen LogP contribution in [0, 0.1) is 0 Å². The highest BCUT2D eigenvalue weighted by Crippen LogP contribution is 1.94. The van der Waals surface area contributed by atoms with Gasteiger partial charge < -0.3 is 4.90 Å². The lowest BCUT2D eigenvalue weighted by Crippen LogP contribution is -2.10. The molecule has 0 aromatic carbocycles. The molecule has 0 unspecified atom stereocenters. The van der Waals surface area contributed by atoms with Crippen molar-refractivity contribution in [1.82, 2.24) is 4.90 Å². The molecule has 2 nitrogen and oxygen atoms in total. The van der Waals surface area contributed by atoms with Crippen LogP contribution < -0.4 is 0 Å². The van der Waals surface area contributed by atoms with Gasteiger partial charge in [-0.15, -0.1) is 6.58 Å². The van der Waals surface area contributed by atoms with E-state index in [0.29, 0.717) is 0 Å². The molecule has 0 radical (unpaired) electrons. The van der Waals surface area contributed by atoms with Gasteiger partial charge in [0.2, 0.25) is 0 Å². The summed E-state index contributed by atoms with van der Waals surface area (Å²) in [6.07, 6.45) is 8.79. The van der Waals surface area contributed by atoms with Gasteiger partial charge in [0.1, 0.15) is 0 Å². The van der Waals surface area contributed by atoms with E-state index in [9.17, 15) is 0 Å². The summed E-state index contributed by atoms with van der Waals surface area (Å²) in [6, 6.07) is 0. The van der Waals surface area contributed by atoms with Crippen molar-refractivity contribution in [2.45, 2.75) is 6.42 Å². The zero-order chi connectivity index (χ0) is 7.23. The summed E-state index contributed by atoms with van der Waals surface area (Å²) < 4.78 is 0. The van der Waals surface area contributed by atoms with Crippen LogP contribution in [-0.4, -0.2) is 24.3 Å². The molecule has 54 valence electrons.